The monoisotopic (exact) mass is 427 g/mol. The van der Waals surface area contributed by atoms with E-state index < -0.39 is 0 Å². The van der Waals surface area contributed by atoms with Crippen LogP contribution in [-0.2, 0) is 0 Å². The normalized spacial score (nSPS) is 14.5. The van der Waals surface area contributed by atoms with Gasteiger partial charge in [-0.3, -0.25) is 14.4 Å². The fourth-order valence-electron chi connectivity index (χ4n) is 3.38. The number of carbonyl (C=O) groups is 3. The van der Waals surface area contributed by atoms with Gasteiger partial charge in [-0.25, -0.2) is 0 Å². The lowest BCUT2D eigenvalue weighted by atomic mass is 10.0. The van der Waals surface area contributed by atoms with Gasteiger partial charge in [0.25, 0.3) is 17.7 Å². The van der Waals surface area contributed by atoms with E-state index in [0.717, 1.165) is 5.56 Å². The van der Waals surface area contributed by atoms with Crippen molar-refractivity contribution in [1.29, 1.82) is 0 Å². The third-order valence-corrected chi connectivity index (χ3v) is 6.11. The van der Waals surface area contributed by atoms with Gasteiger partial charge >= 0.3 is 0 Å². The molecule has 3 amide bonds. The minimum Gasteiger partial charge on any atom is -0.459 e. The van der Waals surface area contributed by atoms with Gasteiger partial charge in [-0.05, 0) is 55.7 Å². The standard InChI is InChI=1S/C21H21N3O5S/c1-13-12-17(23-19(25)15-4-2-10-28-15)30-18(13)20(26)22-14-6-8-24(9-7-14)21(27)16-5-3-11-29-16/h2-5,10-12,14H,6-9H2,1H3,(H,22,26)(H,23,25). The van der Waals surface area contributed by atoms with E-state index in [1.165, 1.54) is 23.9 Å². The Bertz CT molecular complexity index is 1030. The van der Waals surface area contributed by atoms with Crippen LogP contribution in [0.3, 0.4) is 0 Å². The Kier molecular flexibility index (Phi) is 5.71. The molecular weight excluding hydrogens is 406 g/mol. The molecular formula is C21H21N3O5S. The largest absolute Gasteiger partial charge is 0.459 e. The molecule has 30 heavy (non-hydrogen) atoms. The molecule has 4 rings (SSSR count). The summed E-state index contributed by atoms with van der Waals surface area (Å²) in [5.41, 5.74) is 0.790. The Morgan fingerprint density at radius 2 is 1.70 bits per heavy atom. The number of carbonyl (C=O) groups excluding carboxylic acids is 3. The molecule has 0 aliphatic carbocycles. The number of aryl methyl sites for hydroxylation is 1. The molecule has 0 atom stereocenters. The summed E-state index contributed by atoms with van der Waals surface area (Å²) >= 11 is 1.22. The van der Waals surface area contributed by atoms with Gasteiger partial charge in [0.15, 0.2) is 11.5 Å². The van der Waals surface area contributed by atoms with Crippen molar-refractivity contribution in [3.8, 4) is 0 Å². The summed E-state index contributed by atoms with van der Waals surface area (Å²) < 4.78 is 10.2. The first kappa shape index (κ1) is 20.0. The van der Waals surface area contributed by atoms with Gasteiger partial charge in [0, 0.05) is 19.1 Å². The van der Waals surface area contributed by atoms with Crippen molar-refractivity contribution in [1.82, 2.24) is 10.2 Å². The molecule has 0 spiro atoms. The van der Waals surface area contributed by atoms with Gasteiger partial charge in [0.05, 0.1) is 22.4 Å². The van der Waals surface area contributed by atoms with E-state index in [1.54, 1.807) is 35.2 Å². The Hall–Kier alpha value is -3.33. The lowest BCUT2D eigenvalue weighted by molar-refractivity contribution is 0.0667. The van der Waals surface area contributed by atoms with Crippen molar-refractivity contribution in [3.63, 3.8) is 0 Å². The fraction of sp³-hybridized carbons (Fsp3) is 0.286. The van der Waals surface area contributed by atoms with Crippen LogP contribution in [0, 0.1) is 6.92 Å². The maximum absolute atomic E-state index is 12.7. The zero-order chi connectivity index (χ0) is 21.1. The number of nitrogens with zero attached hydrogens (tertiary/aromatic N) is 1. The number of thiophene rings is 1. The van der Waals surface area contributed by atoms with E-state index >= 15 is 0 Å². The van der Waals surface area contributed by atoms with E-state index in [4.69, 9.17) is 8.83 Å². The first-order valence-corrected chi connectivity index (χ1v) is 10.4. The third-order valence-electron chi connectivity index (χ3n) is 4.96. The van der Waals surface area contributed by atoms with E-state index in [-0.39, 0.29) is 29.5 Å². The summed E-state index contributed by atoms with van der Waals surface area (Å²) in [6.07, 6.45) is 4.26. The molecule has 8 nitrogen and oxygen atoms in total. The van der Waals surface area contributed by atoms with E-state index in [2.05, 4.69) is 10.6 Å². The summed E-state index contributed by atoms with van der Waals surface area (Å²) in [6, 6.07) is 8.31. The summed E-state index contributed by atoms with van der Waals surface area (Å²) in [4.78, 5) is 39.5. The number of furan rings is 2. The van der Waals surface area contributed by atoms with Crippen molar-refractivity contribution in [2.45, 2.75) is 25.8 Å². The Labute approximate surface area is 176 Å². The average molecular weight is 427 g/mol. The van der Waals surface area contributed by atoms with Gasteiger partial charge in [-0.2, -0.15) is 0 Å². The summed E-state index contributed by atoms with van der Waals surface area (Å²) in [5, 5.41) is 6.37. The molecule has 1 aliphatic rings. The topological polar surface area (TPSA) is 105 Å². The van der Waals surface area contributed by atoms with Crippen molar-refractivity contribution >= 4 is 34.1 Å². The number of anilines is 1. The highest BCUT2D eigenvalue weighted by Gasteiger charge is 2.27. The minimum absolute atomic E-state index is 0.0131. The highest BCUT2D eigenvalue weighted by Crippen LogP contribution is 2.27. The van der Waals surface area contributed by atoms with Crippen molar-refractivity contribution in [3.05, 3.63) is 64.8 Å². The predicted molar refractivity (Wildman–Crippen MR) is 111 cm³/mol. The molecule has 9 heteroatoms. The van der Waals surface area contributed by atoms with Crippen LogP contribution < -0.4 is 10.6 Å². The van der Waals surface area contributed by atoms with E-state index in [9.17, 15) is 14.4 Å². The molecule has 0 bridgehead atoms. The lowest BCUT2D eigenvalue weighted by Crippen LogP contribution is -2.46. The summed E-state index contributed by atoms with van der Waals surface area (Å²) in [7, 11) is 0. The number of piperidine rings is 1. The second kappa shape index (κ2) is 8.58. The highest BCUT2D eigenvalue weighted by atomic mass is 32.1. The highest BCUT2D eigenvalue weighted by molar-refractivity contribution is 7.18. The molecule has 1 saturated heterocycles. The number of amides is 3. The first-order chi connectivity index (χ1) is 14.5. The zero-order valence-electron chi connectivity index (χ0n) is 16.3. The third kappa shape index (κ3) is 4.30. The zero-order valence-corrected chi connectivity index (χ0v) is 17.2. The molecule has 4 heterocycles. The lowest BCUT2D eigenvalue weighted by Gasteiger charge is -2.31. The predicted octanol–water partition coefficient (Wildman–Crippen LogP) is 3.53. The number of hydrogen-bond donors (Lipinski definition) is 2. The van der Waals surface area contributed by atoms with Crippen LogP contribution in [0.1, 0.15) is 49.2 Å². The Morgan fingerprint density at radius 1 is 1.03 bits per heavy atom. The molecule has 0 saturated carbocycles. The fourth-order valence-corrected chi connectivity index (χ4v) is 4.36. The molecule has 0 unspecified atom stereocenters. The SMILES string of the molecule is Cc1cc(NC(=O)c2ccco2)sc1C(=O)NC1CCN(C(=O)c2ccco2)CC1. The second-order valence-electron chi connectivity index (χ2n) is 7.07. The molecule has 156 valence electrons. The number of likely N-dealkylation sites (tertiary alicyclic amines) is 1. The van der Waals surface area contributed by atoms with E-state index in [1.807, 2.05) is 6.92 Å². The maximum atomic E-state index is 12.7. The van der Waals surface area contributed by atoms with E-state index in [0.29, 0.717) is 41.6 Å². The first-order valence-electron chi connectivity index (χ1n) is 9.60. The minimum atomic E-state index is -0.359. The quantitative estimate of drug-likeness (QED) is 0.648. The van der Waals surface area contributed by atoms with Crippen LogP contribution >= 0.6 is 11.3 Å². The Morgan fingerprint density at radius 3 is 2.33 bits per heavy atom. The number of rotatable bonds is 5. The Balaban J connectivity index is 1.32. The van der Waals surface area contributed by atoms with Crippen LogP contribution in [0.25, 0.3) is 0 Å². The van der Waals surface area contributed by atoms with Gasteiger partial charge < -0.3 is 24.4 Å². The van der Waals surface area contributed by atoms with Crippen molar-refractivity contribution in [2.75, 3.05) is 18.4 Å². The van der Waals surface area contributed by atoms with Gasteiger partial charge in [0.2, 0.25) is 0 Å². The van der Waals surface area contributed by atoms with Crippen molar-refractivity contribution in [2.24, 2.45) is 0 Å². The molecule has 2 N–H and O–H groups in total. The molecule has 0 radical (unpaired) electrons. The number of nitrogens with one attached hydrogen (secondary N) is 2. The van der Waals surface area contributed by atoms with Crippen LogP contribution in [0.5, 0.6) is 0 Å². The molecule has 1 aliphatic heterocycles. The second-order valence-corrected chi connectivity index (χ2v) is 8.12. The number of hydrogen-bond acceptors (Lipinski definition) is 6. The van der Waals surface area contributed by atoms with Crippen LogP contribution in [0.4, 0.5) is 5.00 Å². The maximum Gasteiger partial charge on any atom is 0.291 e. The van der Waals surface area contributed by atoms with Crippen LogP contribution in [0.2, 0.25) is 0 Å². The van der Waals surface area contributed by atoms with Crippen LogP contribution in [-0.4, -0.2) is 41.8 Å². The summed E-state index contributed by atoms with van der Waals surface area (Å²) in [5.74, 6) is -0.122. The molecule has 1 fully saturated rings. The smallest absolute Gasteiger partial charge is 0.291 e. The molecule has 3 aromatic heterocycles. The van der Waals surface area contributed by atoms with Gasteiger partial charge in [0.1, 0.15) is 0 Å². The van der Waals surface area contributed by atoms with Gasteiger partial charge in [-0.1, -0.05) is 0 Å². The molecule has 3 aromatic rings. The average Bonchev–Trinajstić information content (AvgIpc) is 3.50. The summed E-state index contributed by atoms with van der Waals surface area (Å²) in [6.45, 7) is 2.94. The molecule has 0 aromatic carbocycles. The van der Waals surface area contributed by atoms with Crippen LogP contribution in [0.15, 0.2) is 51.7 Å². The van der Waals surface area contributed by atoms with Gasteiger partial charge in [-0.15, -0.1) is 11.3 Å². The van der Waals surface area contributed by atoms with Crippen molar-refractivity contribution < 1.29 is 23.2 Å².